The van der Waals surface area contributed by atoms with Crippen molar-refractivity contribution >= 4 is 27.6 Å². The van der Waals surface area contributed by atoms with Gasteiger partial charge in [0.1, 0.15) is 17.2 Å². The molecule has 4 aromatic heterocycles. The second-order valence-corrected chi connectivity index (χ2v) is 7.39. The number of rotatable bonds is 3. The molecule has 0 atom stereocenters. The predicted molar refractivity (Wildman–Crippen MR) is 112 cm³/mol. The van der Waals surface area contributed by atoms with Crippen LogP contribution in [-0.4, -0.2) is 49.3 Å². The Kier molecular flexibility index (Phi) is 3.41. The maximum atomic E-state index is 5.89. The van der Waals surface area contributed by atoms with Gasteiger partial charge in [-0.2, -0.15) is 5.10 Å². The van der Waals surface area contributed by atoms with Crippen molar-refractivity contribution in [3.63, 3.8) is 0 Å². The van der Waals surface area contributed by atoms with E-state index in [1.54, 1.807) is 18.6 Å². The summed E-state index contributed by atoms with van der Waals surface area (Å²) in [4.78, 5) is 19.2. The third-order valence-electron chi connectivity index (χ3n) is 5.35. The second kappa shape index (κ2) is 6.11. The fraction of sp³-hybridized carbons (Fsp3) is 0.143. The molecule has 1 saturated heterocycles. The van der Waals surface area contributed by atoms with Crippen LogP contribution in [0.3, 0.4) is 0 Å². The van der Waals surface area contributed by atoms with Crippen LogP contribution in [0.5, 0.6) is 0 Å². The van der Waals surface area contributed by atoms with Crippen LogP contribution in [0.4, 0.5) is 5.82 Å². The summed E-state index contributed by atoms with van der Waals surface area (Å²) in [6.45, 7) is 1.60. The molecule has 0 radical (unpaired) electrons. The van der Waals surface area contributed by atoms with Crippen molar-refractivity contribution < 1.29 is 0 Å². The molecule has 0 bridgehead atoms. The first-order valence-corrected chi connectivity index (χ1v) is 9.50. The number of aromatic amines is 2. The van der Waals surface area contributed by atoms with E-state index in [1.807, 2.05) is 18.2 Å². The highest BCUT2D eigenvalue weighted by Crippen LogP contribution is 2.30. The summed E-state index contributed by atoms with van der Waals surface area (Å²) in [6, 6.07) is 12.5. The predicted octanol–water partition coefficient (Wildman–Crippen LogP) is 2.71. The summed E-state index contributed by atoms with van der Waals surface area (Å²) in [6.07, 6.45) is 5.29. The number of para-hydroxylation sites is 1. The van der Waals surface area contributed by atoms with Crippen LogP contribution >= 0.6 is 0 Å². The van der Waals surface area contributed by atoms with E-state index >= 15 is 0 Å². The lowest BCUT2D eigenvalue weighted by atomic mass is 10.1. The average molecular weight is 382 g/mol. The van der Waals surface area contributed by atoms with Gasteiger partial charge in [-0.25, -0.2) is 4.98 Å². The minimum absolute atomic E-state index is 0.208. The van der Waals surface area contributed by atoms with Crippen molar-refractivity contribution in [2.24, 2.45) is 5.73 Å². The molecule has 5 aromatic rings. The molecule has 1 fully saturated rings. The summed E-state index contributed by atoms with van der Waals surface area (Å²) >= 11 is 0. The van der Waals surface area contributed by atoms with Gasteiger partial charge in [0.2, 0.25) is 0 Å². The number of pyridine rings is 1. The van der Waals surface area contributed by atoms with Crippen LogP contribution in [0.25, 0.3) is 44.6 Å². The van der Waals surface area contributed by atoms with Crippen LogP contribution in [-0.2, 0) is 0 Å². The molecule has 0 aliphatic carbocycles. The molecule has 29 heavy (non-hydrogen) atoms. The van der Waals surface area contributed by atoms with Gasteiger partial charge in [-0.1, -0.05) is 18.2 Å². The zero-order valence-corrected chi connectivity index (χ0v) is 15.5. The van der Waals surface area contributed by atoms with Crippen LogP contribution in [0.15, 0.2) is 55.0 Å². The maximum absolute atomic E-state index is 5.89. The molecule has 1 aromatic carbocycles. The van der Waals surface area contributed by atoms with E-state index < -0.39 is 0 Å². The standard InChI is InChI=1S/C21H18N8/c22-13-10-29(11-13)20-9-23-7-19(26-20)16-6-14-18(8-24-16)27-28-21(14)17-5-12-3-1-2-4-15(12)25-17/h1-9,13,25H,10-11,22H2,(H,27,28). The van der Waals surface area contributed by atoms with Crippen LogP contribution in [0.1, 0.15) is 0 Å². The SMILES string of the molecule is NC1CN(c2cncc(-c3cc4c(-c5cc6ccccc6[nH]5)n[nH]c4cn3)n2)C1. The average Bonchev–Trinajstić information content (AvgIpc) is 3.34. The number of fused-ring (bicyclic) bond motifs is 2. The first kappa shape index (κ1) is 16.2. The molecular weight excluding hydrogens is 364 g/mol. The van der Waals surface area contributed by atoms with E-state index in [-0.39, 0.29) is 6.04 Å². The zero-order chi connectivity index (χ0) is 19.4. The maximum Gasteiger partial charge on any atom is 0.147 e. The molecule has 8 heteroatoms. The van der Waals surface area contributed by atoms with Crippen molar-refractivity contribution in [3.8, 4) is 22.8 Å². The Morgan fingerprint density at radius 1 is 1.00 bits per heavy atom. The van der Waals surface area contributed by atoms with Gasteiger partial charge in [-0.15, -0.1) is 0 Å². The zero-order valence-electron chi connectivity index (χ0n) is 15.5. The molecule has 8 nitrogen and oxygen atoms in total. The molecule has 0 amide bonds. The Morgan fingerprint density at radius 3 is 2.76 bits per heavy atom. The number of benzene rings is 1. The number of anilines is 1. The Morgan fingerprint density at radius 2 is 1.90 bits per heavy atom. The molecular formula is C21H18N8. The topological polar surface area (TPSA) is 112 Å². The summed E-state index contributed by atoms with van der Waals surface area (Å²) in [7, 11) is 0. The fourth-order valence-corrected chi connectivity index (χ4v) is 3.79. The van der Waals surface area contributed by atoms with Gasteiger partial charge < -0.3 is 15.6 Å². The van der Waals surface area contributed by atoms with E-state index in [4.69, 9.17) is 10.7 Å². The van der Waals surface area contributed by atoms with E-state index in [2.05, 4.69) is 48.2 Å². The van der Waals surface area contributed by atoms with Gasteiger partial charge >= 0.3 is 0 Å². The highest BCUT2D eigenvalue weighted by Gasteiger charge is 2.24. The van der Waals surface area contributed by atoms with Crippen molar-refractivity contribution in [3.05, 3.63) is 55.0 Å². The van der Waals surface area contributed by atoms with Gasteiger partial charge in [0, 0.05) is 35.4 Å². The van der Waals surface area contributed by atoms with Gasteiger partial charge in [0.15, 0.2) is 0 Å². The number of hydrogen-bond acceptors (Lipinski definition) is 6. The van der Waals surface area contributed by atoms with E-state index in [9.17, 15) is 0 Å². The highest BCUT2D eigenvalue weighted by atomic mass is 15.3. The molecule has 0 unspecified atom stereocenters. The van der Waals surface area contributed by atoms with Crippen LogP contribution in [0, 0.1) is 0 Å². The van der Waals surface area contributed by atoms with Crippen LogP contribution < -0.4 is 10.6 Å². The normalized spacial score (nSPS) is 14.6. The van der Waals surface area contributed by atoms with Crippen molar-refractivity contribution in [2.45, 2.75) is 6.04 Å². The Bertz CT molecular complexity index is 1310. The summed E-state index contributed by atoms with van der Waals surface area (Å²) < 4.78 is 0. The first-order valence-electron chi connectivity index (χ1n) is 9.50. The van der Waals surface area contributed by atoms with Gasteiger partial charge in [0.05, 0.1) is 35.5 Å². The summed E-state index contributed by atoms with van der Waals surface area (Å²) in [5.74, 6) is 0.828. The van der Waals surface area contributed by atoms with Gasteiger partial charge in [-0.05, 0) is 18.2 Å². The smallest absolute Gasteiger partial charge is 0.147 e. The molecule has 1 aliphatic rings. The number of aromatic nitrogens is 6. The Labute approximate surface area is 165 Å². The molecule has 0 saturated carbocycles. The minimum Gasteiger partial charge on any atom is -0.353 e. The van der Waals surface area contributed by atoms with Crippen molar-refractivity contribution in [2.75, 3.05) is 18.0 Å². The highest BCUT2D eigenvalue weighted by molar-refractivity contribution is 5.96. The van der Waals surface area contributed by atoms with Gasteiger partial charge in [-0.3, -0.25) is 15.1 Å². The minimum atomic E-state index is 0.208. The molecule has 142 valence electrons. The largest absolute Gasteiger partial charge is 0.353 e. The molecule has 4 N–H and O–H groups in total. The van der Waals surface area contributed by atoms with E-state index in [0.717, 1.165) is 63.5 Å². The molecule has 0 spiro atoms. The fourth-order valence-electron chi connectivity index (χ4n) is 3.79. The first-order chi connectivity index (χ1) is 14.2. The van der Waals surface area contributed by atoms with E-state index in [0.29, 0.717) is 0 Å². The number of nitrogens with zero attached hydrogens (tertiary/aromatic N) is 5. The summed E-state index contributed by atoms with van der Waals surface area (Å²) in [5.41, 5.74) is 11.2. The third kappa shape index (κ3) is 2.65. The Hall–Kier alpha value is -3.78. The second-order valence-electron chi connectivity index (χ2n) is 7.39. The third-order valence-corrected chi connectivity index (χ3v) is 5.35. The molecule has 1 aliphatic heterocycles. The van der Waals surface area contributed by atoms with E-state index in [1.165, 1.54) is 0 Å². The van der Waals surface area contributed by atoms with Gasteiger partial charge in [0.25, 0.3) is 0 Å². The molecule has 5 heterocycles. The lowest BCUT2D eigenvalue weighted by Crippen LogP contribution is -2.56. The lowest BCUT2D eigenvalue weighted by molar-refractivity contribution is 0.514. The van der Waals surface area contributed by atoms with Crippen molar-refractivity contribution in [1.29, 1.82) is 0 Å². The van der Waals surface area contributed by atoms with Crippen LogP contribution in [0.2, 0.25) is 0 Å². The number of nitrogens with one attached hydrogen (secondary N) is 2. The lowest BCUT2D eigenvalue weighted by Gasteiger charge is -2.37. The number of H-pyrrole nitrogens is 2. The van der Waals surface area contributed by atoms with Crippen molar-refractivity contribution in [1.82, 2.24) is 30.1 Å². The Balaban J connectivity index is 1.43. The molecule has 6 rings (SSSR count). The number of hydrogen-bond donors (Lipinski definition) is 3. The number of nitrogens with two attached hydrogens (primary N) is 1. The summed E-state index contributed by atoms with van der Waals surface area (Å²) in [5, 5.41) is 9.73. The quantitative estimate of drug-likeness (QED) is 0.442. The monoisotopic (exact) mass is 382 g/mol.